The Balaban J connectivity index is 2.01. The monoisotopic (exact) mass is 303 g/mol. The number of methoxy groups -OCH3 is 1. The number of esters is 1. The number of nitrogens with one attached hydrogen (secondary N) is 1. The summed E-state index contributed by atoms with van der Waals surface area (Å²) in [6.45, 7) is 0. The van der Waals surface area contributed by atoms with E-state index in [0.717, 1.165) is 18.4 Å². The van der Waals surface area contributed by atoms with Crippen molar-refractivity contribution in [2.45, 2.75) is 38.1 Å². The molecule has 1 aromatic carbocycles. The van der Waals surface area contributed by atoms with Gasteiger partial charge in [0, 0.05) is 12.8 Å². The molecule has 2 rings (SSSR count). The average Bonchev–Trinajstić information content (AvgIpc) is 2.53. The lowest BCUT2D eigenvalue weighted by Gasteiger charge is -2.28. The van der Waals surface area contributed by atoms with E-state index in [1.165, 1.54) is 7.11 Å². The van der Waals surface area contributed by atoms with E-state index in [1.807, 2.05) is 30.3 Å². The number of hydrogen-bond acceptors (Lipinski definition) is 4. The van der Waals surface area contributed by atoms with Crippen LogP contribution in [0.5, 0.6) is 0 Å². The maximum Gasteiger partial charge on any atom is 0.328 e. The molecule has 1 saturated carbocycles. The fourth-order valence-corrected chi connectivity index (χ4v) is 2.84. The van der Waals surface area contributed by atoms with Crippen LogP contribution < -0.4 is 5.32 Å². The first-order valence-electron chi connectivity index (χ1n) is 7.53. The molecule has 1 fully saturated rings. The second-order valence-corrected chi connectivity index (χ2v) is 5.63. The van der Waals surface area contributed by atoms with Gasteiger partial charge < -0.3 is 10.1 Å². The molecule has 0 aromatic heterocycles. The number of benzene rings is 1. The van der Waals surface area contributed by atoms with E-state index < -0.39 is 12.0 Å². The van der Waals surface area contributed by atoms with Crippen LogP contribution in [0.3, 0.4) is 0 Å². The summed E-state index contributed by atoms with van der Waals surface area (Å²) in [5.41, 5.74) is 0.878. The Morgan fingerprint density at radius 1 is 1.32 bits per heavy atom. The Morgan fingerprint density at radius 3 is 2.68 bits per heavy atom. The third-order valence-electron chi connectivity index (χ3n) is 3.97. The fourth-order valence-electron chi connectivity index (χ4n) is 2.84. The molecule has 0 heterocycles. The molecule has 0 unspecified atom stereocenters. The number of amides is 1. The topological polar surface area (TPSA) is 72.5 Å². The lowest BCUT2D eigenvalue weighted by atomic mass is 9.83. The molecule has 22 heavy (non-hydrogen) atoms. The first kappa shape index (κ1) is 16.2. The van der Waals surface area contributed by atoms with Gasteiger partial charge >= 0.3 is 5.97 Å². The van der Waals surface area contributed by atoms with Crippen molar-refractivity contribution in [1.29, 1.82) is 0 Å². The SMILES string of the molecule is COC(=O)[C@H](NC(=O)Cc1ccccc1)[C@H]1CCCC(=O)C1. The molecule has 5 heteroatoms. The van der Waals surface area contributed by atoms with Crippen molar-refractivity contribution in [2.75, 3.05) is 7.11 Å². The summed E-state index contributed by atoms with van der Waals surface area (Å²) in [6, 6.07) is 8.57. The molecule has 1 aliphatic carbocycles. The summed E-state index contributed by atoms with van der Waals surface area (Å²) in [5, 5.41) is 2.74. The summed E-state index contributed by atoms with van der Waals surface area (Å²) < 4.78 is 4.79. The van der Waals surface area contributed by atoms with E-state index in [1.54, 1.807) is 0 Å². The highest BCUT2D eigenvalue weighted by Gasteiger charge is 2.34. The quantitative estimate of drug-likeness (QED) is 0.839. The van der Waals surface area contributed by atoms with E-state index in [-0.39, 0.29) is 24.0 Å². The number of rotatable bonds is 5. The van der Waals surface area contributed by atoms with Gasteiger partial charge in [0.2, 0.25) is 5.91 Å². The van der Waals surface area contributed by atoms with E-state index in [9.17, 15) is 14.4 Å². The molecule has 0 spiro atoms. The maximum absolute atomic E-state index is 12.2. The number of ether oxygens (including phenoxy) is 1. The van der Waals surface area contributed by atoms with Crippen LogP contribution in [0.4, 0.5) is 0 Å². The van der Waals surface area contributed by atoms with Crippen LogP contribution in [0, 0.1) is 5.92 Å². The molecule has 2 atom stereocenters. The Bertz CT molecular complexity index is 541. The number of ketones is 1. The van der Waals surface area contributed by atoms with Crippen molar-refractivity contribution in [2.24, 2.45) is 5.92 Å². The summed E-state index contributed by atoms with van der Waals surface area (Å²) in [7, 11) is 1.29. The Labute approximate surface area is 130 Å². The second-order valence-electron chi connectivity index (χ2n) is 5.63. The molecule has 0 aliphatic heterocycles. The smallest absolute Gasteiger partial charge is 0.328 e. The van der Waals surface area contributed by atoms with Crippen LogP contribution in [-0.4, -0.2) is 30.8 Å². The summed E-state index contributed by atoms with van der Waals surface area (Å²) in [4.78, 5) is 35.7. The highest BCUT2D eigenvalue weighted by Crippen LogP contribution is 2.25. The molecule has 0 saturated heterocycles. The van der Waals surface area contributed by atoms with Crippen molar-refractivity contribution >= 4 is 17.7 Å². The van der Waals surface area contributed by atoms with Gasteiger partial charge in [-0.15, -0.1) is 0 Å². The first-order chi connectivity index (χ1) is 10.6. The highest BCUT2D eigenvalue weighted by atomic mass is 16.5. The lowest BCUT2D eigenvalue weighted by Crippen LogP contribution is -2.48. The lowest BCUT2D eigenvalue weighted by molar-refractivity contribution is -0.147. The van der Waals surface area contributed by atoms with Crippen LogP contribution in [0.1, 0.15) is 31.2 Å². The molecule has 1 aliphatic rings. The summed E-state index contributed by atoms with van der Waals surface area (Å²) >= 11 is 0. The van der Waals surface area contributed by atoms with Crippen LogP contribution in [-0.2, 0) is 25.5 Å². The zero-order valence-corrected chi connectivity index (χ0v) is 12.7. The van der Waals surface area contributed by atoms with Gasteiger partial charge in [0.15, 0.2) is 0 Å². The average molecular weight is 303 g/mol. The van der Waals surface area contributed by atoms with Gasteiger partial charge in [0.1, 0.15) is 11.8 Å². The predicted molar refractivity (Wildman–Crippen MR) is 81.1 cm³/mol. The minimum absolute atomic E-state index is 0.141. The van der Waals surface area contributed by atoms with Gasteiger partial charge in [-0.2, -0.15) is 0 Å². The highest BCUT2D eigenvalue weighted by molar-refractivity contribution is 5.87. The predicted octanol–water partition coefficient (Wildman–Crippen LogP) is 1.65. The van der Waals surface area contributed by atoms with E-state index in [4.69, 9.17) is 4.74 Å². The Kier molecular flexibility index (Phi) is 5.69. The van der Waals surface area contributed by atoms with Crippen LogP contribution in [0.25, 0.3) is 0 Å². The number of carbonyl (C=O) groups is 3. The summed E-state index contributed by atoms with van der Waals surface area (Å²) in [6.07, 6.45) is 2.59. The number of Topliss-reactive ketones (excluding diaryl/α,β-unsaturated/α-hetero) is 1. The normalized spacial score (nSPS) is 19.3. The van der Waals surface area contributed by atoms with Gasteiger partial charge in [-0.1, -0.05) is 30.3 Å². The molecular formula is C17H21NO4. The molecule has 1 amide bonds. The Morgan fingerprint density at radius 2 is 2.05 bits per heavy atom. The first-order valence-corrected chi connectivity index (χ1v) is 7.53. The van der Waals surface area contributed by atoms with Crippen molar-refractivity contribution in [1.82, 2.24) is 5.32 Å². The molecule has 1 N–H and O–H groups in total. The van der Waals surface area contributed by atoms with E-state index >= 15 is 0 Å². The minimum Gasteiger partial charge on any atom is -0.467 e. The summed E-state index contributed by atoms with van der Waals surface area (Å²) in [5.74, 6) is -0.753. The van der Waals surface area contributed by atoms with E-state index in [0.29, 0.717) is 12.8 Å². The van der Waals surface area contributed by atoms with Crippen LogP contribution in [0.2, 0.25) is 0 Å². The molecule has 118 valence electrons. The van der Waals surface area contributed by atoms with Crippen LogP contribution in [0.15, 0.2) is 30.3 Å². The van der Waals surface area contributed by atoms with Gasteiger partial charge in [-0.05, 0) is 24.3 Å². The van der Waals surface area contributed by atoms with E-state index in [2.05, 4.69) is 5.32 Å². The standard InChI is InChI=1S/C17H21NO4/c1-22-17(21)16(13-8-5-9-14(19)11-13)18-15(20)10-12-6-3-2-4-7-12/h2-4,6-7,13,16H,5,8-11H2,1H3,(H,18,20)/t13-,16+/m0/s1. The molecular weight excluding hydrogens is 282 g/mol. The number of carbonyl (C=O) groups excluding carboxylic acids is 3. The zero-order valence-electron chi connectivity index (χ0n) is 12.7. The third-order valence-corrected chi connectivity index (χ3v) is 3.97. The van der Waals surface area contributed by atoms with Gasteiger partial charge in [0.25, 0.3) is 0 Å². The van der Waals surface area contributed by atoms with Crippen molar-refractivity contribution < 1.29 is 19.1 Å². The minimum atomic E-state index is -0.745. The largest absolute Gasteiger partial charge is 0.467 e. The molecule has 5 nitrogen and oxygen atoms in total. The molecule has 0 bridgehead atoms. The van der Waals surface area contributed by atoms with Gasteiger partial charge in [0.05, 0.1) is 13.5 Å². The van der Waals surface area contributed by atoms with Gasteiger partial charge in [-0.3, -0.25) is 9.59 Å². The molecule has 0 radical (unpaired) electrons. The molecule has 1 aromatic rings. The van der Waals surface area contributed by atoms with Crippen molar-refractivity contribution in [3.05, 3.63) is 35.9 Å². The zero-order chi connectivity index (χ0) is 15.9. The van der Waals surface area contributed by atoms with Crippen molar-refractivity contribution in [3.63, 3.8) is 0 Å². The van der Waals surface area contributed by atoms with Gasteiger partial charge in [-0.25, -0.2) is 4.79 Å². The maximum atomic E-state index is 12.2. The second kappa shape index (κ2) is 7.73. The third kappa shape index (κ3) is 4.41. The Hall–Kier alpha value is -2.17. The van der Waals surface area contributed by atoms with Crippen molar-refractivity contribution in [3.8, 4) is 0 Å². The number of hydrogen-bond donors (Lipinski definition) is 1. The van der Waals surface area contributed by atoms with Crippen LogP contribution >= 0.6 is 0 Å². The fraction of sp³-hybridized carbons (Fsp3) is 0.471.